The topological polar surface area (TPSA) is 169 Å². The number of carbonyl (C=O) groups excluding carboxylic acids is 1. The number of aliphatic hydroxyl groups excluding tert-OH is 6. The summed E-state index contributed by atoms with van der Waals surface area (Å²) in [6.45, 7) is 3.63. The predicted molar refractivity (Wildman–Crippen MR) is 296 cm³/mol. The molecular formula is C61H117NO9. The van der Waals surface area contributed by atoms with Crippen LogP contribution in [0.15, 0.2) is 24.3 Å². The van der Waals surface area contributed by atoms with Crippen molar-refractivity contribution in [1.82, 2.24) is 5.32 Å². The molecule has 71 heavy (non-hydrogen) atoms. The summed E-state index contributed by atoms with van der Waals surface area (Å²) >= 11 is 0. The molecule has 7 N–H and O–H groups in total. The van der Waals surface area contributed by atoms with Crippen molar-refractivity contribution in [2.75, 3.05) is 13.2 Å². The van der Waals surface area contributed by atoms with Gasteiger partial charge >= 0.3 is 0 Å². The predicted octanol–water partition coefficient (Wildman–Crippen LogP) is 14.3. The smallest absolute Gasteiger partial charge is 0.249 e. The van der Waals surface area contributed by atoms with Gasteiger partial charge in [0, 0.05) is 0 Å². The van der Waals surface area contributed by atoms with Gasteiger partial charge in [-0.2, -0.15) is 0 Å². The summed E-state index contributed by atoms with van der Waals surface area (Å²) in [5.74, 6) is -0.620. The maximum atomic E-state index is 13.1. The summed E-state index contributed by atoms with van der Waals surface area (Å²) < 4.78 is 11.2. The van der Waals surface area contributed by atoms with Gasteiger partial charge in [0.2, 0.25) is 5.91 Å². The Hall–Kier alpha value is -1.37. The van der Waals surface area contributed by atoms with Gasteiger partial charge in [0.1, 0.15) is 30.5 Å². The van der Waals surface area contributed by atoms with E-state index in [1.165, 1.54) is 231 Å². The second-order valence-electron chi connectivity index (χ2n) is 21.6. The number of carbonyl (C=O) groups is 1. The first-order valence-corrected chi connectivity index (χ1v) is 30.7. The SMILES string of the molecule is CCCCCCCCCCCC/C=C/CC/C=C/C(O)C(COC1OC(CO)C(O)C(O)C1O)NC(=O)C(O)CCCCCCCCCCCCCCCCCCCCCCCCCCCCCCCC. The van der Waals surface area contributed by atoms with Crippen LogP contribution in [0.2, 0.25) is 0 Å². The average Bonchev–Trinajstić information content (AvgIpc) is 3.37. The van der Waals surface area contributed by atoms with E-state index in [1.54, 1.807) is 6.08 Å². The van der Waals surface area contributed by atoms with Gasteiger partial charge in [-0.1, -0.05) is 289 Å². The van der Waals surface area contributed by atoms with Crippen LogP contribution in [0.5, 0.6) is 0 Å². The summed E-state index contributed by atoms with van der Waals surface area (Å²) in [4.78, 5) is 13.1. The summed E-state index contributed by atoms with van der Waals surface area (Å²) in [5, 5.41) is 65.0. The monoisotopic (exact) mass is 1010 g/mol. The summed E-state index contributed by atoms with van der Waals surface area (Å²) in [6.07, 6.45) is 54.5. The van der Waals surface area contributed by atoms with Crippen LogP contribution in [0.4, 0.5) is 0 Å². The van der Waals surface area contributed by atoms with Gasteiger partial charge in [-0.25, -0.2) is 0 Å². The van der Waals surface area contributed by atoms with Crippen molar-refractivity contribution in [1.29, 1.82) is 0 Å². The zero-order valence-corrected chi connectivity index (χ0v) is 46.4. The molecule has 0 aliphatic carbocycles. The molecule has 1 saturated heterocycles. The highest BCUT2D eigenvalue weighted by Gasteiger charge is 2.44. The van der Waals surface area contributed by atoms with Crippen LogP contribution in [-0.4, -0.2) is 98.7 Å². The Morgan fingerprint density at radius 1 is 0.479 bits per heavy atom. The number of hydrogen-bond donors (Lipinski definition) is 7. The van der Waals surface area contributed by atoms with E-state index in [9.17, 15) is 35.4 Å². The average molecular weight is 1010 g/mol. The first-order chi connectivity index (χ1) is 34.8. The van der Waals surface area contributed by atoms with Gasteiger partial charge in [-0.15, -0.1) is 0 Å². The minimum Gasteiger partial charge on any atom is -0.394 e. The van der Waals surface area contributed by atoms with Gasteiger partial charge < -0.3 is 45.4 Å². The normalized spacial score (nSPS) is 19.8. The zero-order chi connectivity index (χ0) is 51.7. The molecule has 1 heterocycles. The van der Waals surface area contributed by atoms with Crippen LogP contribution in [-0.2, 0) is 14.3 Å². The van der Waals surface area contributed by atoms with Crippen LogP contribution < -0.4 is 5.32 Å². The molecule has 0 aromatic carbocycles. The summed E-state index contributed by atoms with van der Waals surface area (Å²) in [5.41, 5.74) is 0. The first kappa shape index (κ1) is 67.6. The van der Waals surface area contributed by atoms with Crippen molar-refractivity contribution >= 4 is 5.91 Å². The summed E-state index contributed by atoms with van der Waals surface area (Å²) in [6, 6.07) is -0.994. The number of rotatable bonds is 53. The molecule has 1 rings (SSSR count). The van der Waals surface area contributed by atoms with Crippen molar-refractivity contribution < 1.29 is 44.9 Å². The Kier molecular flexibility index (Phi) is 48.4. The minimum atomic E-state index is -1.61. The van der Waals surface area contributed by atoms with Gasteiger partial charge in [0.25, 0.3) is 0 Å². The third kappa shape index (κ3) is 39.7. The second kappa shape index (κ2) is 50.8. The molecule has 10 heteroatoms. The van der Waals surface area contributed by atoms with E-state index in [0.29, 0.717) is 12.8 Å². The highest BCUT2D eigenvalue weighted by Crippen LogP contribution is 2.23. The Balaban J connectivity index is 2.18. The van der Waals surface area contributed by atoms with Crippen LogP contribution in [0.3, 0.4) is 0 Å². The number of nitrogens with one attached hydrogen (secondary N) is 1. The van der Waals surface area contributed by atoms with Crippen molar-refractivity contribution in [3.05, 3.63) is 24.3 Å². The van der Waals surface area contributed by atoms with Crippen molar-refractivity contribution in [3.63, 3.8) is 0 Å². The third-order valence-electron chi connectivity index (χ3n) is 14.9. The standard InChI is InChI=1S/C61H117NO9/c1-3-5-7-9-11-13-15-17-19-21-22-23-24-25-26-27-28-29-30-31-32-33-34-36-38-40-42-44-46-48-50-55(65)60(69)62-53(52-70-61-59(68)58(67)57(66)56(51-63)71-61)54(64)49-47-45-43-41-39-37-35-20-18-16-14-12-10-8-6-4-2/h39,41,47,49,53-59,61,63-68H,3-38,40,42-46,48,50-52H2,1-2H3,(H,62,69)/b41-39+,49-47+. The maximum Gasteiger partial charge on any atom is 0.249 e. The van der Waals surface area contributed by atoms with Gasteiger partial charge in [-0.3, -0.25) is 4.79 Å². The van der Waals surface area contributed by atoms with E-state index >= 15 is 0 Å². The van der Waals surface area contributed by atoms with E-state index < -0.39 is 61.5 Å². The molecule has 0 aromatic rings. The van der Waals surface area contributed by atoms with Crippen molar-refractivity contribution in [2.24, 2.45) is 0 Å². The highest BCUT2D eigenvalue weighted by molar-refractivity contribution is 5.80. The number of aliphatic hydroxyl groups is 6. The van der Waals surface area contributed by atoms with Crippen molar-refractivity contribution in [3.8, 4) is 0 Å². The first-order valence-electron chi connectivity index (χ1n) is 30.7. The Morgan fingerprint density at radius 3 is 1.23 bits per heavy atom. The van der Waals surface area contributed by atoms with Gasteiger partial charge in [-0.05, 0) is 32.1 Å². The van der Waals surface area contributed by atoms with E-state index in [2.05, 4.69) is 31.3 Å². The molecule has 8 atom stereocenters. The number of amides is 1. The molecule has 0 bridgehead atoms. The molecule has 0 saturated carbocycles. The zero-order valence-electron chi connectivity index (χ0n) is 46.4. The number of ether oxygens (including phenoxy) is 2. The minimum absolute atomic E-state index is 0.309. The van der Waals surface area contributed by atoms with E-state index in [-0.39, 0.29) is 6.61 Å². The van der Waals surface area contributed by atoms with Gasteiger partial charge in [0.15, 0.2) is 6.29 Å². The van der Waals surface area contributed by atoms with Gasteiger partial charge in [0.05, 0.1) is 25.4 Å². The fourth-order valence-electron chi connectivity index (χ4n) is 9.95. The van der Waals surface area contributed by atoms with Crippen LogP contribution in [0, 0.1) is 0 Å². The van der Waals surface area contributed by atoms with Crippen molar-refractivity contribution in [2.45, 2.75) is 345 Å². The third-order valence-corrected chi connectivity index (χ3v) is 14.9. The van der Waals surface area contributed by atoms with E-state index in [1.807, 2.05) is 6.08 Å². The Morgan fingerprint density at radius 2 is 0.831 bits per heavy atom. The molecule has 1 fully saturated rings. The lowest BCUT2D eigenvalue weighted by Crippen LogP contribution is -2.60. The molecule has 0 radical (unpaired) electrons. The fourth-order valence-corrected chi connectivity index (χ4v) is 9.95. The highest BCUT2D eigenvalue weighted by atomic mass is 16.7. The molecule has 1 amide bonds. The molecule has 8 unspecified atom stereocenters. The lowest BCUT2D eigenvalue weighted by atomic mass is 9.99. The number of unbranched alkanes of at least 4 members (excludes halogenated alkanes) is 40. The van der Waals surface area contributed by atoms with E-state index in [4.69, 9.17) is 9.47 Å². The van der Waals surface area contributed by atoms with Crippen LogP contribution in [0.25, 0.3) is 0 Å². The lowest BCUT2D eigenvalue weighted by molar-refractivity contribution is -0.302. The largest absolute Gasteiger partial charge is 0.394 e. The molecule has 420 valence electrons. The fraction of sp³-hybridized carbons (Fsp3) is 0.918. The van der Waals surface area contributed by atoms with E-state index in [0.717, 1.165) is 38.5 Å². The molecule has 0 spiro atoms. The Bertz CT molecular complexity index is 1190. The number of allylic oxidation sites excluding steroid dienone is 3. The lowest BCUT2D eigenvalue weighted by Gasteiger charge is -2.40. The number of hydrogen-bond acceptors (Lipinski definition) is 9. The second-order valence-corrected chi connectivity index (χ2v) is 21.6. The molecule has 1 aliphatic heterocycles. The quantitative estimate of drug-likeness (QED) is 0.0232. The summed E-state index contributed by atoms with van der Waals surface area (Å²) in [7, 11) is 0. The molecule has 10 nitrogen and oxygen atoms in total. The molecule has 0 aromatic heterocycles. The molecule has 1 aliphatic rings. The maximum absolute atomic E-state index is 13.1. The van der Waals surface area contributed by atoms with Crippen LogP contribution >= 0.6 is 0 Å². The Labute approximate surface area is 437 Å². The van der Waals surface area contributed by atoms with Crippen LogP contribution in [0.1, 0.15) is 296 Å². The molecular weight excluding hydrogens is 891 g/mol.